The molecule has 1 heterocycles. The van der Waals surface area contributed by atoms with Crippen molar-refractivity contribution in [3.8, 4) is 0 Å². The number of hydrogen-bond acceptors (Lipinski definition) is 5. The Kier molecular flexibility index (Phi) is 4.74. The van der Waals surface area contributed by atoms with E-state index < -0.39 is 0 Å². The maximum absolute atomic E-state index is 11.5. The first kappa shape index (κ1) is 14.5. The van der Waals surface area contributed by atoms with Gasteiger partial charge in [-0.3, -0.25) is 0 Å². The van der Waals surface area contributed by atoms with E-state index in [2.05, 4.69) is 41.5 Å². The summed E-state index contributed by atoms with van der Waals surface area (Å²) in [5.41, 5.74) is 3.26. The van der Waals surface area contributed by atoms with E-state index in [1.807, 2.05) is 6.92 Å². The topological polar surface area (TPSA) is 51.2 Å². The first-order chi connectivity index (χ1) is 9.60. The molecule has 0 amide bonds. The Bertz CT molecular complexity index is 608. The molecule has 2 rings (SSSR count). The third-order valence-electron chi connectivity index (χ3n) is 2.94. The maximum Gasteiger partial charge on any atom is 0.350 e. The Morgan fingerprint density at radius 2 is 2.20 bits per heavy atom. The van der Waals surface area contributed by atoms with Crippen LogP contribution in [0, 0.1) is 13.8 Å². The Balaban J connectivity index is 1.93. The second-order valence-corrected chi connectivity index (χ2v) is 5.59. The minimum Gasteiger partial charge on any atom is -0.465 e. The normalized spacial score (nSPS) is 10.3. The van der Waals surface area contributed by atoms with E-state index in [4.69, 9.17) is 4.74 Å². The van der Waals surface area contributed by atoms with Crippen LogP contribution in [0.5, 0.6) is 0 Å². The molecule has 1 N–H and O–H groups in total. The summed E-state index contributed by atoms with van der Waals surface area (Å²) in [6.45, 7) is 4.69. The number of nitrogens with one attached hydrogen (secondary N) is 1. The van der Waals surface area contributed by atoms with Gasteiger partial charge in [0.05, 0.1) is 12.8 Å². The molecule has 0 atom stereocenters. The number of aromatic nitrogens is 1. The number of ether oxygens (including phenoxy) is 1. The monoisotopic (exact) mass is 290 g/mol. The lowest BCUT2D eigenvalue weighted by atomic mass is 10.1. The largest absolute Gasteiger partial charge is 0.465 e. The zero-order chi connectivity index (χ0) is 14.5. The predicted molar refractivity (Wildman–Crippen MR) is 81.6 cm³/mol. The van der Waals surface area contributed by atoms with Crippen LogP contribution in [0.25, 0.3) is 0 Å². The number of esters is 1. The number of thiazole rings is 1. The Morgan fingerprint density at radius 1 is 1.40 bits per heavy atom. The highest BCUT2D eigenvalue weighted by Crippen LogP contribution is 2.23. The average Bonchev–Trinajstić information content (AvgIpc) is 2.79. The van der Waals surface area contributed by atoms with E-state index in [9.17, 15) is 4.79 Å². The van der Waals surface area contributed by atoms with E-state index in [0.717, 1.165) is 18.1 Å². The van der Waals surface area contributed by atoms with Crippen molar-refractivity contribution in [1.29, 1.82) is 0 Å². The van der Waals surface area contributed by atoms with Crippen molar-refractivity contribution in [2.24, 2.45) is 0 Å². The number of aryl methyl sites for hydroxylation is 2. The van der Waals surface area contributed by atoms with Crippen molar-refractivity contribution in [3.05, 3.63) is 46.0 Å². The number of carbonyl (C=O) groups is 1. The summed E-state index contributed by atoms with van der Waals surface area (Å²) < 4.78 is 4.72. The van der Waals surface area contributed by atoms with Crippen molar-refractivity contribution in [3.63, 3.8) is 0 Å². The number of anilines is 1. The number of rotatable bonds is 5. The van der Waals surface area contributed by atoms with E-state index in [1.54, 1.807) is 0 Å². The fraction of sp³-hybridized carbons (Fsp3) is 0.333. The van der Waals surface area contributed by atoms with Gasteiger partial charge in [-0.15, -0.1) is 0 Å². The Labute approximate surface area is 122 Å². The third-order valence-corrected chi connectivity index (χ3v) is 4.03. The van der Waals surface area contributed by atoms with Gasteiger partial charge in [-0.1, -0.05) is 41.2 Å². The molecule has 106 valence electrons. The predicted octanol–water partition coefficient (Wildman–Crippen LogP) is 3.20. The summed E-state index contributed by atoms with van der Waals surface area (Å²) in [6.07, 6.45) is 0.924. The van der Waals surface area contributed by atoms with Gasteiger partial charge in [-0.05, 0) is 25.8 Å². The standard InChI is InChI=1S/C15H18N2O2S/c1-10-5-4-6-12(9-10)7-8-16-15-17-11(2)13(20-15)14(18)19-3/h4-6,9H,7-8H2,1-3H3,(H,16,17). The molecule has 1 aromatic carbocycles. The van der Waals surface area contributed by atoms with Gasteiger partial charge in [0.25, 0.3) is 0 Å². The number of nitrogens with zero attached hydrogens (tertiary/aromatic N) is 1. The third kappa shape index (κ3) is 3.57. The van der Waals surface area contributed by atoms with E-state index in [1.165, 1.54) is 29.6 Å². The number of benzene rings is 1. The number of methoxy groups -OCH3 is 1. The van der Waals surface area contributed by atoms with Crippen LogP contribution in [0.15, 0.2) is 24.3 Å². The summed E-state index contributed by atoms with van der Waals surface area (Å²) in [7, 11) is 1.38. The zero-order valence-corrected chi connectivity index (χ0v) is 12.7. The van der Waals surface area contributed by atoms with Crippen molar-refractivity contribution in [2.75, 3.05) is 19.0 Å². The molecule has 0 saturated heterocycles. The van der Waals surface area contributed by atoms with Crippen LogP contribution in [0.1, 0.15) is 26.5 Å². The van der Waals surface area contributed by atoms with Crippen molar-refractivity contribution in [2.45, 2.75) is 20.3 Å². The Hall–Kier alpha value is -1.88. The van der Waals surface area contributed by atoms with Gasteiger partial charge in [0.2, 0.25) is 0 Å². The second kappa shape index (κ2) is 6.52. The zero-order valence-electron chi connectivity index (χ0n) is 11.9. The van der Waals surface area contributed by atoms with Crippen LogP contribution in [-0.2, 0) is 11.2 Å². The first-order valence-corrected chi connectivity index (χ1v) is 7.27. The fourth-order valence-corrected chi connectivity index (χ4v) is 2.85. The summed E-state index contributed by atoms with van der Waals surface area (Å²) in [6, 6.07) is 8.44. The summed E-state index contributed by atoms with van der Waals surface area (Å²) in [5.74, 6) is -0.327. The van der Waals surface area contributed by atoms with E-state index in [0.29, 0.717) is 10.6 Å². The van der Waals surface area contributed by atoms with Gasteiger partial charge in [0.15, 0.2) is 5.13 Å². The Morgan fingerprint density at radius 3 is 2.90 bits per heavy atom. The minimum absolute atomic E-state index is 0.327. The summed E-state index contributed by atoms with van der Waals surface area (Å²) in [5, 5.41) is 4.01. The quantitative estimate of drug-likeness (QED) is 0.859. The molecule has 0 spiro atoms. The molecule has 0 unspecified atom stereocenters. The fourth-order valence-electron chi connectivity index (χ4n) is 1.94. The number of hydrogen-bond donors (Lipinski definition) is 1. The van der Waals surface area contributed by atoms with Gasteiger partial charge in [-0.25, -0.2) is 9.78 Å². The highest BCUT2D eigenvalue weighted by atomic mass is 32.1. The molecule has 20 heavy (non-hydrogen) atoms. The molecule has 0 aliphatic carbocycles. The van der Waals surface area contributed by atoms with Gasteiger partial charge in [0.1, 0.15) is 4.88 Å². The molecule has 0 bridgehead atoms. The van der Waals surface area contributed by atoms with E-state index in [-0.39, 0.29) is 5.97 Å². The molecule has 0 fully saturated rings. The minimum atomic E-state index is -0.327. The number of carbonyl (C=O) groups excluding carboxylic acids is 1. The molecular weight excluding hydrogens is 272 g/mol. The molecular formula is C15H18N2O2S. The SMILES string of the molecule is COC(=O)c1sc(NCCc2cccc(C)c2)nc1C. The van der Waals surface area contributed by atoms with Gasteiger partial charge < -0.3 is 10.1 Å². The van der Waals surface area contributed by atoms with Crippen LogP contribution >= 0.6 is 11.3 Å². The molecule has 5 heteroatoms. The first-order valence-electron chi connectivity index (χ1n) is 6.45. The van der Waals surface area contributed by atoms with Crippen molar-refractivity contribution in [1.82, 2.24) is 4.98 Å². The van der Waals surface area contributed by atoms with E-state index >= 15 is 0 Å². The highest BCUT2D eigenvalue weighted by Gasteiger charge is 2.15. The van der Waals surface area contributed by atoms with Crippen molar-refractivity contribution >= 4 is 22.4 Å². The van der Waals surface area contributed by atoms with Crippen LogP contribution in [0.4, 0.5) is 5.13 Å². The van der Waals surface area contributed by atoms with Gasteiger partial charge >= 0.3 is 5.97 Å². The lowest BCUT2D eigenvalue weighted by Gasteiger charge is -2.03. The molecule has 0 aliphatic rings. The van der Waals surface area contributed by atoms with Gasteiger partial charge in [-0.2, -0.15) is 0 Å². The lowest BCUT2D eigenvalue weighted by Crippen LogP contribution is -2.04. The second-order valence-electron chi connectivity index (χ2n) is 4.59. The lowest BCUT2D eigenvalue weighted by molar-refractivity contribution is 0.0605. The molecule has 0 radical (unpaired) electrons. The van der Waals surface area contributed by atoms with Gasteiger partial charge in [0, 0.05) is 6.54 Å². The molecule has 1 aromatic heterocycles. The molecule has 0 saturated carbocycles. The summed E-state index contributed by atoms with van der Waals surface area (Å²) in [4.78, 5) is 16.4. The summed E-state index contributed by atoms with van der Waals surface area (Å²) >= 11 is 1.33. The average molecular weight is 290 g/mol. The van der Waals surface area contributed by atoms with Crippen LogP contribution in [-0.4, -0.2) is 24.6 Å². The van der Waals surface area contributed by atoms with Crippen molar-refractivity contribution < 1.29 is 9.53 Å². The maximum atomic E-state index is 11.5. The molecule has 2 aromatic rings. The molecule has 4 nitrogen and oxygen atoms in total. The smallest absolute Gasteiger partial charge is 0.350 e. The molecule has 0 aliphatic heterocycles. The van der Waals surface area contributed by atoms with Crippen LogP contribution in [0.2, 0.25) is 0 Å². The highest BCUT2D eigenvalue weighted by molar-refractivity contribution is 7.17. The van der Waals surface area contributed by atoms with Crippen LogP contribution in [0.3, 0.4) is 0 Å². The van der Waals surface area contributed by atoms with Crippen LogP contribution < -0.4 is 5.32 Å².